The summed E-state index contributed by atoms with van der Waals surface area (Å²) < 4.78 is 15.1. The van der Waals surface area contributed by atoms with Crippen LogP contribution in [-0.2, 0) is 13.1 Å². The molecule has 0 radical (unpaired) electrons. The summed E-state index contributed by atoms with van der Waals surface area (Å²) >= 11 is 5.82. The summed E-state index contributed by atoms with van der Waals surface area (Å²) in [7, 11) is 1.83. The summed E-state index contributed by atoms with van der Waals surface area (Å²) in [4.78, 5) is 0. The number of nitrogens with one attached hydrogen (secondary N) is 1. The van der Waals surface area contributed by atoms with Crippen LogP contribution in [-0.4, -0.2) is 22.0 Å². The Balaban J connectivity index is 2.16. The molecule has 0 unspecified atom stereocenters. The van der Waals surface area contributed by atoms with Crippen LogP contribution in [0.4, 0.5) is 4.39 Å². The van der Waals surface area contributed by atoms with Gasteiger partial charge in [0.05, 0.1) is 18.4 Å². The second kappa shape index (κ2) is 5.25. The first-order chi connectivity index (χ1) is 8.19. The summed E-state index contributed by atoms with van der Waals surface area (Å²) in [5, 5.41) is 11.3. The fourth-order valence-corrected chi connectivity index (χ4v) is 1.71. The first kappa shape index (κ1) is 12.0. The Morgan fingerprint density at radius 3 is 3.06 bits per heavy atom. The SMILES string of the molecule is CNCc1cn(Cc2cc(Cl)ccc2F)nn1. The van der Waals surface area contributed by atoms with E-state index in [1.807, 2.05) is 7.05 Å². The Hall–Kier alpha value is -1.46. The van der Waals surface area contributed by atoms with E-state index in [1.54, 1.807) is 16.9 Å². The van der Waals surface area contributed by atoms with Crippen molar-refractivity contribution in [2.45, 2.75) is 13.1 Å². The van der Waals surface area contributed by atoms with Gasteiger partial charge >= 0.3 is 0 Å². The van der Waals surface area contributed by atoms with Gasteiger partial charge in [-0.15, -0.1) is 5.10 Å². The summed E-state index contributed by atoms with van der Waals surface area (Å²) in [5.41, 5.74) is 1.31. The van der Waals surface area contributed by atoms with E-state index in [9.17, 15) is 4.39 Å². The lowest BCUT2D eigenvalue weighted by Gasteiger charge is -2.03. The van der Waals surface area contributed by atoms with E-state index < -0.39 is 0 Å². The highest BCUT2D eigenvalue weighted by Gasteiger charge is 2.06. The number of aromatic nitrogens is 3. The topological polar surface area (TPSA) is 42.7 Å². The van der Waals surface area contributed by atoms with Crippen molar-refractivity contribution in [1.82, 2.24) is 20.3 Å². The van der Waals surface area contributed by atoms with Crippen LogP contribution in [0, 0.1) is 5.82 Å². The second-order valence-electron chi connectivity index (χ2n) is 3.67. The predicted molar refractivity (Wildman–Crippen MR) is 63.3 cm³/mol. The lowest BCUT2D eigenvalue weighted by Crippen LogP contribution is -2.05. The van der Waals surface area contributed by atoms with E-state index in [4.69, 9.17) is 11.6 Å². The van der Waals surface area contributed by atoms with Crippen molar-refractivity contribution in [3.05, 3.63) is 46.5 Å². The van der Waals surface area contributed by atoms with Crippen molar-refractivity contribution in [1.29, 1.82) is 0 Å². The Kier molecular flexibility index (Phi) is 3.71. The van der Waals surface area contributed by atoms with Crippen molar-refractivity contribution < 1.29 is 4.39 Å². The van der Waals surface area contributed by atoms with Crippen molar-refractivity contribution >= 4 is 11.6 Å². The molecular formula is C11H12ClFN4. The lowest BCUT2D eigenvalue weighted by atomic mass is 10.2. The molecule has 90 valence electrons. The number of rotatable bonds is 4. The average Bonchev–Trinajstić information content (AvgIpc) is 2.72. The molecule has 0 fully saturated rings. The molecule has 17 heavy (non-hydrogen) atoms. The van der Waals surface area contributed by atoms with Gasteiger partial charge in [0.2, 0.25) is 0 Å². The fraction of sp³-hybridized carbons (Fsp3) is 0.273. The molecule has 1 aromatic heterocycles. The van der Waals surface area contributed by atoms with Gasteiger partial charge in [-0.1, -0.05) is 16.8 Å². The van der Waals surface area contributed by atoms with Gasteiger partial charge in [-0.25, -0.2) is 9.07 Å². The minimum atomic E-state index is -0.292. The summed E-state index contributed by atoms with van der Waals surface area (Å²) in [5.74, 6) is -0.292. The molecule has 0 aliphatic rings. The van der Waals surface area contributed by atoms with Crippen molar-refractivity contribution in [3.8, 4) is 0 Å². The first-order valence-corrected chi connectivity index (χ1v) is 5.54. The van der Waals surface area contributed by atoms with Gasteiger partial charge in [0, 0.05) is 17.1 Å². The monoisotopic (exact) mass is 254 g/mol. The Bertz CT molecular complexity index is 512. The third-order valence-electron chi connectivity index (χ3n) is 2.28. The number of hydrogen-bond donors (Lipinski definition) is 1. The maximum absolute atomic E-state index is 13.5. The van der Waals surface area contributed by atoms with Gasteiger partial charge in [-0.2, -0.15) is 0 Å². The number of halogens is 2. The van der Waals surface area contributed by atoms with Crippen LogP contribution >= 0.6 is 11.6 Å². The Morgan fingerprint density at radius 1 is 1.47 bits per heavy atom. The van der Waals surface area contributed by atoms with Gasteiger partial charge in [-0.3, -0.25) is 0 Å². The Morgan fingerprint density at radius 2 is 2.29 bits per heavy atom. The van der Waals surface area contributed by atoms with Crippen LogP contribution in [0.1, 0.15) is 11.3 Å². The third-order valence-corrected chi connectivity index (χ3v) is 2.52. The van der Waals surface area contributed by atoms with Gasteiger partial charge in [0.1, 0.15) is 5.82 Å². The maximum atomic E-state index is 13.5. The zero-order valence-corrected chi connectivity index (χ0v) is 10.1. The fourth-order valence-electron chi connectivity index (χ4n) is 1.52. The summed E-state index contributed by atoms with van der Waals surface area (Å²) in [6, 6.07) is 4.47. The quantitative estimate of drug-likeness (QED) is 0.905. The molecule has 4 nitrogen and oxygen atoms in total. The summed E-state index contributed by atoms with van der Waals surface area (Å²) in [6.45, 7) is 0.959. The summed E-state index contributed by atoms with van der Waals surface area (Å²) in [6.07, 6.45) is 1.77. The number of nitrogens with zero attached hydrogens (tertiary/aromatic N) is 3. The zero-order chi connectivity index (χ0) is 12.3. The highest BCUT2D eigenvalue weighted by molar-refractivity contribution is 6.30. The molecule has 1 N–H and O–H groups in total. The van der Waals surface area contributed by atoms with Crippen LogP contribution in [0.5, 0.6) is 0 Å². The Labute approximate surface area is 103 Å². The van der Waals surface area contributed by atoms with Gasteiger partial charge < -0.3 is 5.32 Å². The number of hydrogen-bond acceptors (Lipinski definition) is 3. The van der Waals surface area contributed by atoms with E-state index in [0.717, 1.165) is 5.69 Å². The molecule has 1 heterocycles. The lowest BCUT2D eigenvalue weighted by molar-refractivity contribution is 0.577. The first-order valence-electron chi connectivity index (χ1n) is 5.16. The van der Waals surface area contributed by atoms with Gasteiger partial charge in [0.15, 0.2) is 0 Å². The van der Waals surface area contributed by atoms with Crippen molar-refractivity contribution in [2.24, 2.45) is 0 Å². The molecule has 0 bridgehead atoms. The highest BCUT2D eigenvalue weighted by atomic mass is 35.5. The molecule has 6 heteroatoms. The molecule has 0 spiro atoms. The normalized spacial score (nSPS) is 10.8. The molecule has 2 aromatic rings. The predicted octanol–water partition coefficient (Wildman–Crippen LogP) is 1.84. The van der Waals surface area contributed by atoms with Crippen molar-refractivity contribution in [2.75, 3.05) is 7.05 Å². The minimum absolute atomic E-state index is 0.292. The van der Waals surface area contributed by atoms with Crippen LogP contribution in [0.15, 0.2) is 24.4 Å². The van der Waals surface area contributed by atoms with Gasteiger partial charge in [0.25, 0.3) is 0 Å². The van der Waals surface area contributed by atoms with E-state index >= 15 is 0 Å². The van der Waals surface area contributed by atoms with Crippen LogP contribution in [0.3, 0.4) is 0 Å². The molecule has 1 aromatic carbocycles. The molecular weight excluding hydrogens is 243 g/mol. The third kappa shape index (κ3) is 3.01. The van der Waals surface area contributed by atoms with E-state index in [0.29, 0.717) is 23.7 Å². The molecule has 0 amide bonds. The standard InChI is InChI=1S/C11H12ClFN4/c1-14-5-10-7-17(16-15-10)6-8-4-9(12)2-3-11(8)13/h2-4,7,14H,5-6H2,1H3. The second-order valence-corrected chi connectivity index (χ2v) is 4.11. The maximum Gasteiger partial charge on any atom is 0.128 e. The highest BCUT2D eigenvalue weighted by Crippen LogP contribution is 2.15. The van der Waals surface area contributed by atoms with Crippen LogP contribution < -0.4 is 5.32 Å². The molecule has 0 aliphatic heterocycles. The van der Waals surface area contributed by atoms with Gasteiger partial charge in [-0.05, 0) is 25.2 Å². The number of benzene rings is 1. The molecule has 2 rings (SSSR count). The van der Waals surface area contributed by atoms with E-state index in [2.05, 4.69) is 15.6 Å². The largest absolute Gasteiger partial charge is 0.314 e. The van der Waals surface area contributed by atoms with E-state index in [-0.39, 0.29) is 5.82 Å². The molecule has 0 saturated carbocycles. The smallest absolute Gasteiger partial charge is 0.128 e. The van der Waals surface area contributed by atoms with Crippen LogP contribution in [0.2, 0.25) is 5.02 Å². The molecule has 0 atom stereocenters. The minimum Gasteiger partial charge on any atom is -0.314 e. The van der Waals surface area contributed by atoms with E-state index in [1.165, 1.54) is 12.1 Å². The molecule has 0 aliphatic carbocycles. The molecule has 0 saturated heterocycles. The van der Waals surface area contributed by atoms with Crippen molar-refractivity contribution in [3.63, 3.8) is 0 Å². The van der Waals surface area contributed by atoms with Crippen LogP contribution in [0.25, 0.3) is 0 Å². The average molecular weight is 255 g/mol. The zero-order valence-electron chi connectivity index (χ0n) is 9.32.